The first-order valence-corrected chi connectivity index (χ1v) is 30.9. The zero-order valence-corrected chi connectivity index (χ0v) is 51.9. The largest absolute Gasteiger partial charge is 0.479 e. The van der Waals surface area contributed by atoms with Gasteiger partial charge in [-0.3, -0.25) is 4.79 Å². The fourth-order valence-corrected chi connectivity index (χ4v) is 17.5. The maximum atomic E-state index is 13.7. The van der Waals surface area contributed by atoms with Gasteiger partial charge in [-0.1, -0.05) is 66.2 Å². The molecule has 0 bridgehead atoms. The van der Waals surface area contributed by atoms with Crippen LogP contribution in [0.4, 0.5) is 0 Å². The first-order valence-electron chi connectivity index (χ1n) is 30.9. The molecule has 31 atom stereocenters. The molecular formula is C61H96O27. The molecule has 502 valence electrons. The first-order chi connectivity index (χ1) is 41.0. The van der Waals surface area contributed by atoms with E-state index in [1.54, 1.807) is 19.9 Å². The lowest BCUT2D eigenvalue weighted by Gasteiger charge is -2.72. The molecule has 5 aliphatic carbocycles. The molecular weight excluding hydrogens is 1160 g/mol. The fraction of sp³-hybridized carbons (Fsp3) is 0.885. The van der Waals surface area contributed by atoms with E-state index in [4.69, 9.17) is 47.4 Å². The van der Waals surface area contributed by atoms with Crippen LogP contribution in [0.3, 0.4) is 0 Å². The van der Waals surface area contributed by atoms with Crippen molar-refractivity contribution in [3.8, 4) is 0 Å². The molecule has 4 saturated heterocycles. The van der Waals surface area contributed by atoms with Gasteiger partial charge < -0.3 is 119 Å². The van der Waals surface area contributed by atoms with Crippen LogP contribution >= 0.6 is 0 Å². The summed E-state index contributed by atoms with van der Waals surface area (Å²) in [5, 5.41) is 156. The van der Waals surface area contributed by atoms with Gasteiger partial charge in [-0.2, -0.15) is 0 Å². The number of carboxylic acids is 1. The summed E-state index contributed by atoms with van der Waals surface area (Å²) in [5.41, 5.74) is -3.38. The Hall–Kier alpha value is -2.95. The van der Waals surface area contributed by atoms with E-state index in [9.17, 15) is 85.9 Å². The molecule has 0 unspecified atom stereocenters. The lowest BCUT2D eigenvalue weighted by Crippen LogP contribution is -2.72. The molecule has 0 spiro atoms. The lowest BCUT2D eigenvalue weighted by atomic mass is 9.33. The first kappa shape index (κ1) is 69.4. The van der Waals surface area contributed by atoms with E-state index in [-0.39, 0.29) is 24.9 Å². The van der Waals surface area contributed by atoms with Gasteiger partial charge in [0.1, 0.15) is 98.2 Å². The van der Waals surface area contributed by atoms with Gasteiger partial charge in [-0.05, 0) is 111 Å². The van der Waals surface area contributed by atoms with Crippen molar-refractivity contribution in [3.63, 3.8) is 0 Å². The highest BCUT2D eigenvalue weighted by Gasteiger charge is 2.74. The molecule has 27 nitrogen and oxygen atoms in total. The number of fused-ring (bicyclic) bond motifs is 7. The van der Waals surface area contributed by atoms with Gasteiger partial charge in [0.15, 0.2) is 31.3 Å². The van der Waals surface area contributed by atoms with Gasteiger partial charge in [0.05, 0.1) is 43.0 Å². The number of aliphatic hydroxyl groups excluding tert-OH is 13. The third kappa shape index (κ3) is 11.4. The summed E-state index contributed by atoms with van der Waals surface area (Å²) in [5.74, 6) is -3.68. The smallest absolute Gasteiger partial charge is 0.335 e. The molecule has 0 radical (unpaired) electrons. The van der Waals surface area contributed by atoms with Crippen LogP contribution in [0.1, 0.15) is 121 Å². The molecule has 0 aromatic rings. The van der Waals surface area contributed by atoms with Crippen molar-refractivity contribution in [1.29, 1.82) is 0 Å². The Balaban J connectivity index is 1.06. The normalized spacial score (nSPS) is 50.9. The van der Waals surface area contributed by atoms with Gasteiger partial charge >= 0.3 is 17.9 Å². The monoisotopic (exact) mass is 1260 g/mol. The second kappa shape index (κ2) is 25.4. The maximum absolute atomic E-state index is 13.7. The van der Waals surface area contributed by atoms with Crippen molar-refractivity contribution < 1.29 is 133 Å². The van der Waals surface area contributed by atoms with Crippen molar-refractivity contribution in [2.24, 2.45) is 50.2 Å². The van der Waals surface area contributed by atoms with E-state index in [1.165, 1.54) is 13.8 Å². The van der Waals surface area contributed by atoms with Gasteiger partial charge in [0.25, 0.3) is 0 Å². The predicted octanol–water partition coefficient (Wildman–Crippen LogP) is -1.44. The van der Waals surface area contributed by atoms with E-state index in [1.807, 2.05) is 27.7 Å². The molecule has 8 fully saturated rings. The van der Waals surface area contributed by atoms with E-state index >= 15 is 0 Å². The molecule has 27 heteroatoms. The Bertz CT molecular complexity index is 2580. The molecule has 14 N–H and O–H groups in total. The average molecular weight is 1260 g/mol. The molecule has 0 aromatic carbocycles. The lowest BCUT2D eigenvalue weighted by molar-refractivity contribution is -0.406. The summed E-state index contributed by atoms with van der Waals surface area (Å²) in [4.78, 5) is 39.6. The fourth-order valence-electron chi connectivity index (χ4n) is 17.5. The van der Waals surface area contributed by atoms with E-state index in [0.717, 1.165) is 5.57 Å². The summed E-state index contributed by atoms with van der Waals surface area (Å²) >= 11 is 0. The number of ether oxygens (including phenoxy) is 10. The number of carbonyl (C=O) groups excluding carboxylic acids is 2. The number of hydrogen-bond donors (Lipinski definition) is 14. The molecule has 0 aromatic heterocycles. The van der Waals surface area contributed by atoms with Crippen LogP contribution in [0, 0.1) is 50.2 Å². The Labute approximate surface area is 511 Å². The number of esters is 2. The molecule has 4 heterocycles. The van der Waals surface area contributed by atoms with Gasteiger partial charge in [-0.25, -0.2) is 9.59 Å². The van der Waals surface area contributed by atoms with Crippen molar-refractivity contribution in [2.45, 2.75) is 268 Å². The number of hydrogen-bond acceptors (Lipinski definition) is 26. The van der Waals surface area contributed by atoms with Gasteiger partial charge in [-0.15, -0.1) is 0 Å². The molecule has 4 saturated carbocycles. The number of aliphatic carboxylic acids is 1. The number of aliphatic hydroxyl groups is 13. The van der Waals surface area contributed by atoms with Crippen LogP contribution in [0.2, 0.25) is 0 Å². The summed E-state index contributed by atoms with van der Waals surface area (Å²) in [6.07, 6.45) is -35.6. The Kier molecular flexibility index (Phi) is 20.0. The third-order valence-electron chi connectivity index (χ3n) is 23.0. The van der Waals surface area contributed by atoms with Crippen LogP contribution in [0.25, 0.3) is 0 Å². The second-order valence-electron chi connectivity index (χ2n) is 28.5. The van der Waals surface area contributed by atoms with E-state index < -0.39 is 217 Å². The molecule has 88 heavy (non-hydrogen) atoms. The van der Waals surface area contributed by atoms with Gasteiger partial charge in [0.2, 0.25) is 0 Å². The van der Waals surface area contributed by atoms with Crippen LogP contribution in [0.5, 0.6) is 0 Å². The Morgan fingerprint density at radius 3 is 1.81 bits per heavy atom. The minimum Gasteiger partial charge on any atom is -0.479 e. The van der Waals surface area contributed by atoms with E-state index in [2.05, 4.69) is 26.8 Å². The molecule has 0 amide bonds. The minimum atomic E-state index is -2.29. The van der Waals surface area contributed by atoms with Crippen LogP contribution < -0.4 is 0 Å². The minimum absolute atomic E-state index is 0.0366. The van der Waals surface area contributed by atoms with Crippen LogP contribution in [-0.4, -0.2) is 256 Å². The van der Waals surface area contributed by atoms with Crippen molar-refractivity contribution in [1.82, 2.24) is 0 Å². The SMILES string of the molecule is C/C=C(\C)C(=O)O[C@H]1[C@H](O)C(C)(C)C[C@H]2C3=CC[C@@H]4[C@@]5(C)CC[C@H](O[C@@H]6O[C@H](C(=O)O)[C@@H](O)[C@H](O[C@@H]7O[C@H](CO)[C@H](O)[C@H](O)[C@H]7O[C@@H]7O[C@@H](C)[C@H](O)[C@@H](O)[C@H]7O)[C@H]6O[C@@H]6O[C@H](CO)[C@@H](O)[C@H](O)[C@H]6O)C(C)(C)[C@@H]5CC[C@@]4(C)[C@]3(C)C[C@@H](O)[C@]21COC(C)=O. The average Bonchev–Trinajstić information content (AvgIpc) is 0.702. The summed E-state index contributed by atoms with van der Waals surface area (Å²) in [6, 6.07) is 0. The zero-order valence-electron chi connectivity index (χ0n) is 51.9. The molecule has 9 rings (SSSR count). The molecule has 9 aliphatic rings. The molecule has 4 aliphatic heterocycles. The number of rotatable bonds is 15. The van der Waals surface area contributed by atoms with E-state index in [0.29, 0.717) is 44.1 Å². The van der Waals surface area contributed by atoms with Crippen molar-refractivity contribution >= 4 is 17.9 Å². The quantitative estimate of drug-likeness (QED) is 0.0386. The van der Waals surface area contributed by atoms with Gasteiger partial charge in [0, 0.05) is 12.5 Å². The zero-order chi connectivity index (χ0) is 65.0. The highest BCUT2D eigenvalue weighted by molar-refractivity contribution is 5.87. The summed E-state index contributed by atoms with van der Waals surface area (Å²) < 4.78 is 61.2. The number of carbonyl (C=O) groups is 3. The second-order valence-corrected chi connectivity index (χ2v) is 28.5. The summed E-state index contributed by atoms with van der Waals surface area (Å²) in [6.45, 7) is 18.3. The Morgan fingerprint density at radius 1 is 0.636 bits per heavy atom. The van der Waals surface area contributed by atoms with Crippen molar-refractivity contribution in [2.75, 3.05) is 19.8 Å². The van der Waals surface area contributed by atoms with Crippen molar-refractivity contribution in [3.05, 3.63) is 23.3 Å². The third-order valence-corrected chi connectivity index (χ3v) is 23.0. The standard InChI is InChI=1S/C61H96O27/c1-12-24(2)51(78)88-49-48(75)56(5,6)19-28-27-13-14-32-58(9)17-16-34(57(7,8)31(58)15-18-59(32,10)60(27,11)20-33(65)61(28,49)23-79-26(4)64)83-55-47(87-53-42(73)39(70)36(67)29(21-62)81-53)44(43(74)45(85-55)50(76)77)84-54-46(40(71)37(68)30(22-63)82-54)86-52-41(72)38(69)35(66)25(3)80-52/h12-13,25,28-49,52-55,62-63,65-75H,14-23H2,1-11H3,(H,76,77)/b24-12+/t25-,28-,29+,30+,31-,32+,33+,34-,35-,36+,37-,38+,39-,40-,41+,42+,43-,44-,45-,46+,47+,48-,49-,52-,53-,54-,55+,58-,59+,60+,61-/m0/s1. The number of carboxylic acid groups (broad SMARTS) is 1. The highest BCUT2D eigenvalue weighted by Crippen LogP contribution is 2.76. The van der Waals surface area contributed by atoms with Crippen LogP contribution in [0.15, 0.2) is 23.3 Å². The highest BCUT2D eigenvalue weighted by atomic mass is 16.8. The topological polar surface area (TPSA) is 427 Å². The maximum Gasteiger partial charge on any atom is 0.335 e. The summed E-state index contributed by atoms with van der Waals surface area (Å²) in [7, 11) is 0. The predicted molar refractivity (Wildman–Crippen MR) is 299 cm³/mol. The van der Waals surface area contributed by atoms with Crippen LogP contribution in [-0.2, 0) is 61.8 Å². The Morgan fingerprint density at radius 2 is 1.20 bits per heavy atom. The number of allylic oxidation sites excluding steroid dienone is 3.